The van der Waals surface area contributed by atoms with Crippen LogP contribution < -0.4 is 9.47 Å². The SMILES string of the molecule is COc1ccc(CN2CCC(Oc3cc(C)nc4ccccc34)CC2)cc1. The first-order valence-electron chi connectivity index (χ1n) is 9.59. The van der Waals surface area contributed by atoms with Gasteiger partial charge in [0, 0.05) is 36.8 Å². The number of benzene rings is 2. The van der Waals surface area contributed by atoms with Gasteiger partial charge in [0.15, 0.2) is 0 Å². The van der Waals surface area contributed by atoms with Gasteiger partial charge in [-0.1, -0.05) is 24.3 Å². The van der Waals surface area contributed by atoms with E-state index in [1.54, 1.807) is 7.11 Å². The molecule has 1 aliphatic heterocycles. The molecule has 1 saturated heterocycles. The highest BCUT2D eigenvalue weighted by atomic mass is 16.5. The highest BCUT2D eigenvalue weighted by Crippen LogP contribution is 2.28. The van der Waals surface area contributed by atoms with Crippen molar-refractivity contribution in [2.24, 2.45) is 0 Å². The van der Waals surface area contributed by atoms with Gasteiger partial charge in [0.2, 0.25) is 0 Å². The van der Waals surface area contributed by atoms with E-state index in [2.05, 4.69) is 34.1 Å². The minimum absolute atomic E-state index is 0.266. The van der Waals surface area contributed by atoms with Crippen LogP contribution in [0, 0.1) is 6.92 Å². The van der Waals surface area contributed by atoms with Crippen molar-refractivity contribution in [1.82, 2.24) is 9.88 Å². The van der Waals surface area contributed by atoms with Crippen molar-refractivity contribution in [3.05, 3.63) is 65.9 Å². The number of pyridine rings is 1. The lowest BCUT2D eigenvalue weighted by molar-refractivity contribution is 0.0979. The fourth-order valence-electron chi connectivity index (χ4n) is 3.72. The van der Waals surface area contributed by atoms with Crippen LogP contribution in [0.3, 0.4) is 0 Å². The van der Waals surface area contributed by atoms with Gasteiger partial charge in [-0.25, -0.2) is 0 Å². The summed E-state index contributed by atoms with van der Waals surface area (Å²) in [6.07, 6.45) is 2.36. The first kappa shape index (κ1) is 17.8. The van der Waals surface area contributed by atoms with E-state index in [1.165, 1.54) is 5.56 Å². The van der Waals surface area contributed by atoms with Crippen molar-refractivity contribution in [3.63, 3.8) is 0 Å². The molecule has 0 N–H and O–H groups in total. The predicted molar refractivity (Wildman–Crippen MR) is 108 cm³/mol. The van der Waals surface area contributed by atoms with Gasteiger partial charge in [-0.2, -0.15) is 0 Å². The van der Waals surface area contributed by atoms with Crippen molar-refractivity contribution in [2.75, 3.05) is 20.2 Å². The van der Waals surface area contributed by atoms with Gasteiger partial charge < -0.3 is 9.47 Å². The van der Waals surface area contributed by atoms with Crippen LogP contribution in [0.25, 0.3) is 10.9 Å². The van der Waals surface area contributed by atoms with Crippen LogP contribution in [0.5, 0.6) is 11.5 Å². The summed E-state index contributed by atoms with van der Waals surface area (Å²) in [5, 5.41) is 1.10. The van der Waals surface area contributed by atoms with Gasteiger partial charge >= 0.3 is 0 Å². The van der Waals surface area contributed by atoms with Crippen LogP contribution >= 0.6 is 0 Å². The quantitative estimate of drug-likeness (QED) is 0.665. The number of para-hydroxylation sites is 1. The molecule has 140 valence electrons. The number of aromatic nitrogens is 1. The molecule has 0 aliphatic carbocycles. The van der Waals surface area contributed by atoms with Crippen LogP contribution in [0.4, 0.5) is 0 Å². The summed E-state index contributed by atoms with van der Waals surface area (Å²) >= 11 is 0. The molecular weight excluding hydrogens is 336 g/mol. The van der Waals surface area contributed by atoms with E-state index in [-0.39, 0.29) is 6.10 Å². The summed E-state index contributed by atoms with van der Waals surface area (Å²) < 4.78 is 11.6. The molecule has 4 rings (SSSR count). The highest BCUT2D eigenvalue weighted by molar-refractivity contribution is 5.85. The number of methoxy groups -OCH3 is 1. The third-order valence-electron chi connectivity index (χ3n) is 5.20. The second-order valence-corrected chi connectivity index (χ2v) is 7.22. The largest absolute Gasteiger partial charge is 0.497 e. The summed E-state index contributed by atoms with van der Waals surface area (Å²) in [4.78, 5) is 7.10. The molecule has 2 heterocycles. The molecule has 0 radical (unpaired) electrons. The Morgan fingerprint density at radius 1 is 1.04 bits per heavy atom. The Balaban J connectivity index is 1.37. The fourth-order valence-corrected chi connectivity index (χ4v) is 3.72. The summed E-state index contributed by atoms with van der Waals surface area (Å²) in [6, 6.07) is 18.6. The Kier molecular flexibility index (Phi) is 5.26. The minimum Gasteiger partial charge on any atom is -0.497 e. The average Bonchev–Trinajstić information content (AvgIpc) is 2.70. The Hall–Kier alpha value is -2.59. The second kappa shape index (κ2) is 7.97. The Labute approximate surface area is 160 Å². The van der Waals surface area contributed by atoms with Gasteiger partial charge in [-0.3, -0.25) is 9.88 Å². The molecule has 0 bridgehead atoms. The highest BCUT2D eigenvalue weighted by Gasteiger charge is 2.21. The number of ether oxygens (including phenoxy) is 2. The third kappa shape index (κ3) is 4.22. The van der Waals surface area contributed by atoms with Crippen molar-refractivity contribution in [2.45, 2.75) is 32.4 Å². The number of piperidine rings is 1. The lowest BCUT2D eigenvalue weighted by Gasteiger charge is -2.32. The molecule has 1 fully saturated rings. The van der Waals surface area contributed by atoms with Gasteiger partial charge in [-0.05, 0) is 49.6 Å². The lowest BCUT2D eigenvalue weighted by Crippen LogP contribution is -2.37. The first-order chi connectivity index (χ1) is 13.2. The smallest absolute Gasteiger partial charge is 0.130 e. The zero-order valence-corrected chi connectivity index (χ0v) is 16.0. The molecule has 27 heavy (non-hydrogen) atoms. The van der Waals surface area contributed by atoms with Crippen molar-refractivity contribution < 1.29 is 9.47 Å². The van der Waals surface area contributed by atoms with Crippen molar-refractivity contribution in [1.29, 1.82) is 0 Å². The van der Waals surface area contributed by atoms with Crippen LogP contribution in [0.1, 0.15) is 24.1 Å². The molecule has 2 aromatic carbocycles. The van der Waals surface area contributed by atoms with Gasteiger partial charge in [-0.15, -0.1) is 0 Å². The Morgan fingerprint density at radius 2 is 1.78 bits per heavy atom. The second-order valence-electron chi connectivity index (χ2n) is 7.22. The number of hydrogen-bond acceptors (Lipinski definition) is 4. The predicted octanol–water partition coefficient (Wildman–Crippen LogP) is 4.60. The maximum atomic E-state index is 6.40. The lowest BCUT2D eigenvalue weighted by atomic mass is 10.1. The molecule has 1 aromatic heterocycles. The molecule has 4 nitrogen and oxygen atoms in total. The maximum Gasteiger partial charge on any atom is 0.130 e. The van der Waals surface area contributed by atoms with E-state index >= 15 is 0 Å². The van der Waals surface area contributed by atoms with E-state index in [4.69, 9.17) is 9.47 Å². The molecule has 3 aromatic rings. The third-order valence-corrected chi connectivity index (χ3v) is 5.20. The number of hydrogen-bond donors (Lipinski definition) is 0. The molecule has 4 heteroatoms. The van der Waals surface area contributed by atoms with Gasteiger partial charge in [0.25, 0.3) is 0 Å². The number of aryl methyl sites for hydroxylation is 1. The monoisotopic (exact) mass is 362 g/mol. The summed E-state index contributed by atoms with van der Waals surface area (Å²) in [5.74, 6) is 1.87. The Morgan fingerprint density at radius 3 is 2.52 bits per heavy atom. The molecule has 0 saturated carbocycles. The van der Waals surface area contributed by atoms with Gasteiger partial charge in [0.1, 0.15) is 17.6 Å². The van der Waals surface area contributed by atoms with E-state index < -0.39 is 0 Å². The van der Waals surface area contributed by atoms with E-state index in [0.29, 0.717) is 0 Å². The standard InChI is InChI=1S/C23H26N2O2/c1-17-15-23(21-5-3-4-6-22(21)24-17)27-20-11-13-25(14-12-20)16-18-7-9-19(26-2)10-8-18/h3-10,15,20H,11-14,16H2,1-2H3. The van der Waals surface area contributed by atoms with Crippen LogP contribution in [0.2, 0.25) is 0 Å². The minimum atomic E-state index is 0.266. The first-order valence-corrected chi connectivity index (χ1v) is 9.59. The number of likely N-dealkylation sites (tertiary alicyclic amines) is 1. The topological polar surface area (TPSA) is 34.6 Å². The number of fused-ring (bicyclic) bond motifs is 1. The van der Waals surface area contributed by atoms with Crippen LogP contribution in [-0.2, 0) is 6.54 Å². The molecule has 0 spiro atoms. The van der Waals surface area contributed by atoms with Crippen LogP contribution in [-0.4, -0.2) is 36.2 Å². The molecule has 0 amide bonds. The number of rotatable bonds is 5. The molecule has 0 atom stereocenters. The number of nitrogens with zero attached hydrogens (tertiary/aromatic N) is 2. The van der Waals surface area contributed by atoms with E-state index in [1.807, 2.05) is 37.3 Å². The molecule has 0 unspecified atom stereocenters. The van der Waals surface area contributed by atoms with E-state index in [0.717, 1.165) is 60.6 Å². The van der Waals surface area contributed by atoms with Gasteiger partial charge in [0.05, 0.1) is 12.6 Å². The molecular formula is C23H26N2O2. The zero-order valence-electron chi connectivity index (χ0n) is 16.0. The maximum absolute atomic E-state index is 6.40. The van der Waals surface area contributed by atoms with E-state index in [9.17, 15) is 0 Å². The van der Waals surface area contributed by atoms with Crippen molar-refractivity contribution in [3.8, 4) is 11.5 Å². The Bertz CT molecular complexity index is 900. The van der Waals surface area contributed by atoms with Crippen LogP contribution in [0.15, 0.2) is 54.6 Å². The van der Waals surface area contributed by atoms with Crippen molar-refractivity contribution >= 4 is 10.9 Å². The molecule has 1 aliphatic rings. The normalized spacial score (nSPS) is 15.8. The average molecular weight is 362 g/mol. The fraction of sp³-hybridized carbons (Fsp3) is 0.348. The summed E-state index contributed by atoms with van der Waals surface area (Å²) in [7, 11) is 1.70. The summed E-state index contributed by atoms with van der Waals surface area (Å²) in [6.45, 7) is 5.11. The summed E-state index contributed by atoms with van der Waals surface area (Å²) in [5.41, 5.74) is 3.33. The zero-order chi connectivity index (χ0) is 18.6.